The van der Waals surface area contributed by atoms with Crippen molar-refractivity contribution in [3.05, 3.63) is 35.4 Å². The van der Waals surface area contributed by atoms with Gasteiger partial charge in [-0.25, -0.2) is 0 Å². The standard InChI is InChI=1S/C15H26N2O2P2/c1-13-7-9-14(10-8-13)11-16-17(2)12-15(20(3,4)18)21(5,6)19/h7-11,15H,12H2,1-6H3/b16-11-. The van der Waals surface area contributed by atoms with E-state index in [1.807, 2.05) is 38.2 Å². The first-order chi connectivity index (χ1) is 9.50. The van der Waals surface area contributed by atoms with Crippen molar-refractivity contribution in [3.63, 3.8) is 0 Å². The fraction of sp³-hybridized carbons (Fsp3) is 0.533. The van der Waals surface area contributed by atoms with Crippen LogP contribution in [0.15, 0.2) is 29.4 Å². The van der Waals surface area contributed by atoms with E-state index in [2.05, 4.69) is 5.10 Å². The lowest BCUT2D eigenvalue weighted by Crippen LogP contribution is -2.25. The van der Waals surface area contributed by atoms with E-state index < -0.39 is 14.3 Å². The Balaban J connectivity index is 2.79. The van der Waals surface area contributed by atoms with Gasteiger partial charge in [0.1, 0.15) is 0 Å². The van der Waals surface area contributed by atoms with E-state index in [9.17, 15) is 9.13 Å². The summed E-state index contributed by atoms with van der Waals surface area (Å²) in [5.41, 5.74) is 2.22. The highest BCUT2D eigenvalue weighted by atomic mass is 31.2. The van der Waals surface area contributed by atoms with Gasteiger partial charge in [-0.05, 0) is 39.1 Å². The molecule has 0 unspecified atom stereocenters. The molecule has 0 aliphatic rings. The van der Waals surface area contributed by atoms with Crippen LogP contribution in [0.25, 0.3) is 0 Å². The van der Waals surface area contributed by atoms with Crippen molar-refractivity contribution in [2.45, 2.75) is 12.3 Å². The smallest absolute Gasteiger partial charge is 0.0936 e. The van der Waals surface area contributed by atoms with Crippen molar-refractivity contribution in [2.24, 2.45) is 5.10 Å². The third-order valence-electron chi connectivity index (χ3n) is 3.34. The SMILES string of the molecule is Cc1ccc(/C=N\N(C)CC(P(C)(C)=O)P(C)(C)=O)cc1. The lowest BCUT2D eigenvalue weighted by atomic mass is 10.2. The summed E-state index contributed by atoms with van der Waals surface area (Å²) in [6, 6.07) is 8.06. The fourth-order valence-electron chi connectivity index (χ4n) is 2.16. The van der Waals surface area contributed by atoms with Crippen LogP contribution in [0.2, 0.25) is 0 Å². The largest absolute Gasteiger partial charge is 0.323 e. The van der Waals surface area contributed by atoms with Gasteiger partial charge in [0.25, 0.3) is 0 Å². The Morgan fingerprint density at radius 1 is 1.10 bits per heavy atom. The van der Waals surface area contributed by atoms with E-state index in [4.69, 9.17) is 0 Å². The van der Waals surface area contributed by atoms with Gasteiger partial charge in [0.05, 0.1) is 32.4 Å². The predicted octanol–water partition coefficient (Wildman–Crippen LogP) is 3.83. The van der Waals surface area contributed by atoms with Crippen LogP contribution < -0.4 is 0 Å². The van der Waals surface area contributed by atoms with E-state index in [-0.39, 0.29) is 5.40 Å². The van der Waals surface area contributed by atoms with Crippen LogP contribution in [0.1, 0.15) is 11.1 Å². The van der Waals surface area contributed by atoms with Gasteiger partial charge in [0.2, 0.25) is 0 Å². The van der Waals surface area contributed by atoms with Crippen molar-refractivity contribution in [1.82, 2.24) is 5.01 Å². The van der Waals surface area contributed by atoms with Crippen LogP contribution in [0.5, 0.6) is 0 Å². The number of hydrazone groups is 1. The zero-order valence-corrected chi connectivity index (χ0v) is 15.6. The Morgan fingerprint density at radius 3 is 2.00 bits per heavy atom. The molecule has 1 aromatic rings. The highest BCUT2D eigenvalue weighted by molar-refractivity contribution is 7.80. The molecule has 0 amide bonds. The summed E-state index contributed by atoms with van der Waals surface area (Å²) >= 11 is 0. The zero-order chi connectivity index (χ0) is 16.3. The average Bonchev–Trinajstić information content (AvgIpc) is 2.32. The molecule has 0 saturated heterocycles. The summed E-state index contributed by atoms with van der Waals surface area (Å²) in [5.74, 6) is 0. The molecule has 118 valence electrons. The summed E-state index contributed by atoms with van der Waals surface area (Å²) in [7, 11) is -3.04. The minimum absolute atomic E-state index is 0.315. The van der Waals surface area contributed by atoms with Crippen LogP contribution in [0.3, 0.4) is 0 Å². The highest BCUT2D eigenvalue weighted by Gasteiger charge is 2.34. The number of aryl methyl sites for hydroxylation is 1. The quantitative estimate of drug-likeness (QED) is 0.453. The van der Waals surface area contributed by atoms with Crippen molar-refractivity contribution < 1.29 is 9.13 Å². The van der Waals surface area contributed by atoms with Crippen molar-refractivity contribution >= 4 is 20.5 Å². The molecule has 1 rings (SSSR count). The van der Waals surface area contributed by atoms with Crippen LogP contribution in [0.4, 0.5) is 0 Å². The molecule has 0 atom stereocenters. The van der Waals surface area contributed by atoms with E-state index in [0.717, 1.165) is 5.56 Å². The molecular weight excluding hydrogens is 302 g/mol. The molecule has 0 spiro atoms. The Kier molecular flexibility index (Phi) is 6.01. The van der Waals surface area contributed by atoms with Gasteiger partial charge in [-0.15, -0.1) is 0 Å². The molecule has 6 heteroatoms. The Morgan fingerprint density at radius 2 is 1.57 bits per heavy atom. The molecule has 0 aliphatic heterocycles. The maximum absolute atomic E-state index is 12.4. The molecule has 0 saturated carbocycles. The van der Waals surface area contributed by atoms with Crippen molar-refractivity contribution in [1.29, 1.82) is 0 Å². The Bertz CT molecular complexity index is 562. The summed E-state index contributed by atoms with van der Waals surface area (Å²) in [4.78, 5) is 0. The second-order valence-corrected chi connectivity index (χ2v) is 13.7. The summed E-state index contributed by atoms with van der Waals surface area (Å²) < 4.78 is 24.7. The first kappa shape index (κ1) is 18.2. The summed E-state index contributed by atoms with van der Waals surface area (Å²) in [6.45, 7) is 9.29. The third-order valence-corrected chi connectivity index (χ3v) is 9.88. The lowest BCUT2D eigenvalue weighted by Gasteiger charge is -2.28. The zero-order valence-electron chi connectivity index (χ0n) is 13.8. The molecule has 0 fully saturated rings. The summed E-state index contributed by atoms with van der Waals surface area (Å²) in [5, 5.41) is 5.77. The lowest BCUT2D eigenvalue weighted by molar-refractivity contribution is 0.367. The molecule has 21 heavy (non-hydrogen) atoms. The van der Waals surface area contributed by atoms with E-state index in [0.29, 0.717) is 6.54 Å². The summed E-state index contributed by atoms with van der Waals surface area (Å²) in [6.07, 6.45) is 1.77. The molecule has 1 aromatic carbocycles. The van der Waals surface area contributed by atoms with Gasteiger partial charge in [0, 0.05) is 7.05 Å². The van der Waals surface area contributed by atoms with Gasteiger partial charge in [0.15, 0.2) is 0 Å². The number of rotatable bonds is 6. The number of hydrogen-bond acceptors (Lipinski definition) is 4. The van der Waals surface area contributed by atoms with Gasteiger partial charge in [-0.3, -0.25) is 5.01 Å². The fourth-order valence-corrected chi connectivity index (χ4v) is 8.78. The normalized spacial score (nSPS) is 13.1. The minimum atomic E-state index is -2.43. The molecule has 0 bridgehead atoms. The van der Waals surface area contributed by atoms with Gasteiger partial charge in [-0.1, -0.05) is 29.8 Å². The third kappa shape index (κ3) is 6.20. The monoisotopic (exact) mass is 328 g/mol. The molecular formula is C15H26N2O2P2. The molecule has 0 N–H and O–H groups in total. The van der Waals surface area contributed by atoms with Crippen molar-refractivity contribution in [2.75, 3.05) is 40.3 Å². The average molecular weight is 328 g/mol. The predicted molar refractivity (Wildman–Crippen MR) is 94.1 cm³/mol. The number of benzene rings is 1. The van der Waals surface area contributed by atoms with Crippen LogP contribution >= 0.6 is 14.3 Å². The molecule has 4 nitrogen and oxygen atoms in total. The van der Waals surface area contributed by atoms with E-state index in [1.165, 1.54) is 5.56 Å². The highest BCUT2D eigenvalue weighted by Crippen LogP contribution is 2.61. The van der Waals surface area contributed by atoms with Crippen LogP contribution in [0, 0.1) is 6.92 Å². The van der Waals surface area contributed by atoms with Crippen molar-refractivity contribution in [3.8, 4) is 0 Å². The molecule has 0 aliphatic carbocycles. The Labute approximate surface area is 128 Å². The second-order valence-electron chi connectivity index (χ2n) is 6.34. The van der Waals surface area contributed by atoms with Crippen LogP contribution in [-0.2, 0) is 9.13 Å². The second kappa shape index (κ2) is 6.94. The van der Waals surface area contributed by atoms with E-state index in [1.54, 1.807) is 37.9 Å². The first-order valence-corrected chi connectivity index (χ1v) is 12.3. The number of hydrogen-bond donors (Lipinski definition) is 0. The maximum Gasteiger partial charge on any atom is 0.0936 e. The molecule has 0 heterocycles. The number of nitrogens with zero attached hydrogens (tertiary/aromatic N) is 2. The molecule has 0 radical (unpaired) electrons. The maximum atomic E-state index is 12.4. The topological polar surface area (TPSA) is 49.7 Å². The Hall–Kier alpha value is -0.850. The van der Waals surface area contributed by atoms with Crippen LogP contribution in [-0.4, -0.2) is 56.9 Å². The van der Waals surface area contributed by atoms with E-state index >= 15 is 0 Å². The van der Waals surface area contributed by atoms with Gasteiger partial charge < -0.3 is 9.13 Å². The first-order valence-electron chi connectivity index (χ1n) is 6.91. The van der Waals surface area contributed by atoms with Gasteiger partial charge in [-0.2, -0.15) is 5.10 Å². The molecule has 0 aromatic heterocycles. The van der Waals surface area contributed by atoms with Gasteiger partial charge >= 0.3 is 0 Å². The minimum Gasteiger partial charge on any atom is -0.323 e.